The first-order valence-electron chi connectivity index (χ1n) is 5.39. The summed E-state index contributed by atoms with van der Waals surface area (Å²) < 4.78 is 5.23. The summed E-state index contributed by atoms with van der Waals surface area (Å²) in [5.74, 6) is 0.954. The van der Waals surface area contributed by atoms with Crippen molar-refractivity contribution in [2.75, 3.05) is 5.32 Å². The Balaban J connectivity index is 2.06. The van der Waals surface area contributed by atoms with Gasteiger partial charge in [-0.25, -0.2) is 0 Å². The summed E-state index contributed by atoms with van der Waals surface area (Å²) in [6.07, 6.45) is 0. The Labute approximate surface area is 113 Å². The van der Waals surface area contributed by atoms with Gasteiger partial charge in [-0.2, -0.15) is 0 Å². The summed E-state index contributed by atoms with van der Waals surface area (Å²) in [6, 6.07) is 3.25. The smallest absolute Gasteiger partial charge is 0.293 e. The standard InChI is InChI=1S/C11H12ClN3O2S/c1-6(2)10-14-15-11(18-10)13-9(16)8-4-3-7(5-12)17-8/h3-4,6H,5H2,1-2H3,(H,13,15,16). The highest BCUT2D eigenvalue weighted by atomic mass is 35.5. The van der Waals surface area contributed by atoms with Gasteiger partial charge < -0.3 is 4.42 Å². The van der Waals surface area contributed by atoms with Crippen molar-refractivity contribution < 1.29 is 9.21 Å². The minimum Gasteiger partial charge on any atom is -0.455 e. The molecule has 0 aliphatic carbocycles. The third-order valence-corrected chi connectivity index (χ3v) is 3.57. The van der Waals surface area contributed by atoms with Crippen molar-refractivity contribution in [3.63, 3.8) is 0 Å². The minimum atomic E-state index is -0.349. The van der Waals surface area contributed by atoms with E-state index in [0.29, 0.717) is 16.8 Å². The number of furan rings is 1. The number of anilines is 1. The lowest BCUT2D eigenvalue weighted by Crippen LogP contribution is -2.10. The largest absolute Gasteiger partial charge is 0.455 e. The average molecular weight is 286 g/mol. The van der Waals surface area contributed by atoms with E-state index in [9.17, 15) is 4.79 Å². The molecule has 0 radical (unpaired) electrons. The minimum absolute atomic E-state index is 0.215. The molecule has 0 saturated heterocycles. The fourth-order valence-corrected chi connectivity index (χ4v) is 2.13. The van der Waals surface area contributed by atoms with E-state index in [1.165, 1.54) is 11.3 Å². The quantitative estimate of drug-likeness (QED) is 0.876. The highest BCUT2D eigenvalue weighted by Gasteiger charge is 2.14. The molecule has 1 N–H and O–H groups in total. The Kier molecular flexibility index (Phi) is 3.98. The van der Waals surface area contributed by atoms with Crippen LogP contribution in [-0.4, -0.2) is 16.1 Å². The first-order valence-corrected chi connectivity index (χ1v) is 6.74. The van der Waals surface area contributed by atoms with Crippen LogP contribution in [0.1, 0.15) is 41.1 Å². The van der Waals surface area contributed by atoms with Crippen LogP contribution >= 0.6 is 22.9 Å². The number of aromatic nitrogens is 2. The summed E-state index contributed by atoms with van der Waals surface area (Å²) in [4.78, 5) is 11.8. The molecule has 18 heavy (non-hydrogen) atoms. The Hall–Kier alpha value is -1.40. The van der Waals surface area contributed by atoms with Crippen molar-refractivity contribution >= 4 is 34.0 Å². The summed E-state index contributed by atoms with van der Waals surface area (Å²) >= 11 is 6.95. The van der Waals surface area contributed by atoms with Gasteiger partial charge in [0, 0.05) is 5.92 Å². The molecule has 0 aliphatic heterocycles. The molecule has 0 aromatic carbocycles. The lowest BCUT2D eigenvalue weighted by Gasteiger charge is -1.97. The molecule has 7 heteroatoms. The first-order chi connectivity index (χ1) is 8.60. The summed E-state index contributed by atoms with van der Waals surface area (Å²) in [6.45, 7) is 4.04. The Morgan fingerprint density at radius 3 is 2.83 bits per heavy atom. The molecule has 0 unspecified atom stereocenters. The highest BCUT2D eigenvalue weighted by Crippen LogP contribution is 2.23. The van der Waals surface area contributed by atoms with Crippen LogP contribution < -0.4 is 5.32 Å². The first kappa shape index (κ1) is 13.0. The van der Waals surface area contributed by atoms with E-state index in [-0.39, 0.29) is 17.5 Å². The fraction of sp³-hybridized carbons (Fsp3) is 0.364. The zero-order chi connectivity index (χ0) is 13.1. The van der Waals surface area contributed by atoms with Crippen molar-refractivity contribution in [3.05, 3.63) is 28.7 Å². The number of carbonyl (C=O) groups is 1. The van der Waals surface area contributed by atoms with E-state index >= 15 is 0 Å². The Bertz CT molecular complexity index is 550. The molecule has 0 aliphatic rings. The molecule has 0 saturated carbocycles. The van der Waals surface area contributed by atoms with Gasteiger partial charge >= 0.3 is 0 Å². The van der Waals surface area contributed by atoms with Crippen LogP contribution in [-0.2, 0) is 5.88 Å². The molecular formula is C11H12ClN3O2S. The van der Waals surface area contributed by atoms with Crippen LogP contribution in [0.5, 0.6) is 0 Å². The lowest BCUT2D eigenvalue weighted by molar-refractivity contribution is 0.0995. The maximum atomic E-state index is 11.8. The fourth-order valence-electron chi connectivity index (χ4n) is 1.25. The molecule has 2 aromatic rings. The van der Waals surface area contributed by atoms with Gasteiger partial charge in [0.2, 0.25) is 5.13 Å². The van der Waals surface area contributed by atoms with Gasteiger partial charge in [-0.15, -0.1) is 21.8 Å². The molecule has 0 spiro atoms. The molecule has 2 rings (SSSR count). The number of hydrogen-bond acceptors (Lipinski definition) is 5. The van der Waals surface area contributed by atoms with Crippen molar-refractivity contribution in [2.45, 2.75) is 25.6 Å². The number of rotatable bonds is 4. The van der Waals surface area contributed by atoms with Gasteiger partial charge in [-0.3, -0.25) is 10.1 Å². The van der Waals surface area contributed by atoms with Gasteiger partial charge in [0.1, 0.15) is 10.8 Å². The van der Waals surface area contributed by atoms with Gasteiger partial charge in [0.25, 0.3) is 5.91 Å². The summed E-state index contributed by atoms with van der Waals surface area (Å²) in [5, 5.41) is 11.9. The summed E-state index contributed by atoms with van der Waals surface area (Å²) in [7, 11) is 0. The number of nitrogens with one attached hydrogen (secondary N) is 1. The van der Waals surface area contributed by atoms with E-state index in [0.717, 1.165) is 5.01 Å². The molecule has 0 atom stereocenters. The van der Waals surface area contributed by atoms with E-state index in [2.05, 4.69) is 15.5 Å². The van der Waals surface area contributed by atoms with Crippen molar-refractivity contribution in [2.24, 2.45) is 0 Å². The highest BCUT2D eigenvalue weighted by molar-refractivity contribution is 7.15. The van der Waals surface area contributed by atoms with Crippen molar-refractivity contribution in [3.8, 4) is 0 Å². The van der Waals surface area contributed by atoms with E-state index in [1.54, 1.807) is 12.1 Å². The number of alkyl halides is 1. The number of halogens is 1. The van der Waals surface area contributed by atoms with E-state index < -0.39 is 0 Å². The predicted molar refractivity (Wildman–Crippen MR) is 70.2 cm³/mol. The number of amides is 1. The Morgan fingerprint density at radius 1 is 1.50 bits per heavy atom. The van der Waals surface area contributed by atoms with Crippen molar-refractivity contribution in [1.82, 2.24) is 10.2 Å². The van der Waals surface area contributed by atoms with Crippen LogP contribution in [0, 0.1) is 0 Å². The summed E-state index contributed by atoms with van der Waals surface area (Å²) in [5.41, 5.74) is 0. The van der Waals surface area contributed by atoms with E-state index in [1.807, 2.05) is 13.8 Å². The third kappa shape index (κ3) is 2.88. The second-order valence-electron chi connectivity index (χ2n) is 3.95. The van der Waals surface area contributed by atoms with Crippen LogP contribution in [0.15, 0.2) is 16.5 Å². The van der Waals surface area contributed by atoms with Gasteiger partial charge in [-0.05, 0) is 12.1 Å². The van der Waals surface area contributed by atoms with Crippen LogP contribution in [0.3, 0.4) is 0 Å². The molecule has 2 aromatic heterocycles. The normalized spacial score (nSPS) is 10.9. The van der Waals surface area contributed by atoms with Crippen LogP contribution in [0.4, 0.5) is 5.13 Å². The SMILES string of the molecule is CC(C)c1nnc(NC(=O)c2ccc(CCl)o2)s1. The van der Waals surface area contributed by atoms with Crippen LogP contribution in [0.2, 0.25) is 0 Å². The maximum absolute atomic E-state index is 11.8. The molecular weight excluding hydrogens is 274 g/mol. The molecule has 96 valence electrons. The number of nitrogens with zero attached hydrogens (tertiary/aromatic N) is 2. The predicted octanol–water partition coefficient (Wildman–Crippen LogP) is 3.25. The second kappa shape index (κ2) is 5.49. The number of carbonyl (C=O) groups excluding carboxylic acids is 1. The Morgan fingerprint density at radius 2 is 2.28 bits per heavy atom. The van der Waals surface area contributed by atoms with Crippen molar-refractivity contribution in [1.29, 1.82) is 0 Å². The molecule has 5 nitrogen and oxygen atoms in total. The lowest BCUT2D eigenvalue weighted by atomic mass is 10.2. The topological polar surface area (TPSA) is 68.0 Å². The van der Waals surface area contributed by atoms with Gasteiger partial charge in [-0.1, -0.05) is 25.2 Å². The molecule has 2 heterocycles. The number of hydrogen-bond donors (Lipinski definition) is 1. The maximum Gasteiger partial charge on any atom is 0.293 e. The zero-order valence-electron chi connectivity index (χ0n) is 9.94. The van der Waals surface area contributed by atoms with Crippen LogP contribution in [0.25, 0.3) is 0 Å². The molecule has 1 amide bonds. The zero-order valence-corrected chi connectivity index (χ0v) is 11.5. The van der Waals surface area contributed by atoms with Gasteiger partial charge in [0.05, 0.1) is 5.88 Å². The molecule has 0 bridgehead atoms. The van der Waals surface area contributed by atoms with E-state index in [4.69, 9.17) is 16.0 Å². The average Bonchev–Trinajstić information content (AvgIpc) is 2.96. The molecule has 0 fully saturated rings. The second-order valence-corrected chi connectivity index (χ2v) is 5.23. The van der Waals surface area contributed by atoms with Gasteiger partial charge in [0.15, 0.2) is 5.76 Å². The monoisotopic (exact) mass is 285 g/mol. The third-order valence-electron chi connectivity index (χ3n) is 2.17.